The number of phosphoric ester groups is 1. The first-order valence-corrected chi connectivity index (χ1v) is 31.0. The Bertz CT molecular complexity index is 1790. The van der Waals surface area contributed by atoms with Gasteiger partial charge in [-0.2, -0.15) is 0 Å². The maximum absolute atomic E-state index is 12.8. The van der Waals surface area contributed by atoms with Gasteiger partial charge in [0.25, 0.3) is 7.82 Å². The van der Waals surface area contributed by atoms with Gasteiger partial charge in [-0.15, -0.1) is 0 Å². The second-order valence-electron chi connectivity index (χ2n) is 20.2. The third-order valence-electron chi connectivity index (χ3n) is 11.9. The smallest absolute Gasteiger partial charge is 0.306 e. The van der Waals surface area contributed by atoms with Crippen LogP contribution in [0.15, 0.2) is 146 Å². The molecule has 9 nitrogen and oxygen atoms in total. The molecule has 0 saturated heterocycles. The number of unbranched alkanes of at least 4 members (excludes halogenated alkanes) is 14. The highest BCUT2D eigenvalue weighted by Gasteiger charge is 2.21. The summed E-state index contributed by atoms with van der Waals surface area (Å²) >= 11 is 0. The number of likely N-dealkylation sites (N-methyl/N-ethyl adjacent to an activating group) is 1. The van der Waals surface area contributed by atoms with Crippen LogP contribution in [0, 0.1) is 0 Å². The van der Waals surface area contributed by atoms with Gasteiger partial charge in [-0.1, -0.05) is 224 Å². The van der Waals surface area contributed by atoms with Gasteiger partial charge in [0.2, 0.25) is 0 Å². The molecule has 0 aromatic carbocycles. The summed E-state index contributed by atoms with van der Waals surface area (Å²) in [5, 5.41) is 0. The Hall–Kier alpha value is -4.11. The molecule has 0 aliphatic heterocycles. The van der Waals surface area contributed by atoms with Gasteiger partial charge in [0, 0.05) is 12.8 Å². The summed E-state index contributed by atoms with van der Waals surface area (Å²) in [6, 6.07) is 0. The van der Waals surface area contributed by atoms with Gasteiger partial charge in [-0.25, -0.2) is 0 Å². The number of rotatable bonds is 52. The van der Waals surface area contributed by atoms with E-state index < -0.39 is 32.5 Å². The molecule has 0 spiro atoms. The van der Waals surface area contributed by atoms with Gasteiger partial charge in [0.1, 0.15) is 19.8 Å². The van der Waals surface area contributed by atoms with E-state index in [0.717, 1.165) is 122 Å². The number of carbonyl (C=O) groups is 2. The molecule has 0 N–H and O–H groups in total. The molecule has 2 unspecified atom stereocenters. The van der Waals surface area contributed by atoms with Crippen LogP contribution in [0.1, 0.15) is 206 Å². The lowest BCUT2D eigenvalue weighted by Crippen LogP contribution is -2.37. The van der Waals surface area contributed by atoms with Crippen LogP contribution in [0.25, 0.3) is 0 Å². The molecule has 0 aliphatic rings. The van der Waals surface area contributed by atoms with Crippen molar-refractivity contribution in [2.45, 2.75) is 213 Å². The average Bonchev–Trinajstić information content (AvgIpc) is 3.38. The summed E-state index contributed by atoms with van der Waals surface area (Å²) in [5.41, 5.74) is 0. The fraction of sp³-hybridized carbons (Fsp3) is 0.606. The van der Waals surface area contributed by atoms with Crippen LogP contribution in [0.2, 0.25) is 0 Å². The zero-order valence-corrected chi connectivity index (χ0v) is 49.5. The molecule has 0 amide bonds. The molecule has 10 heteroatoms. The lowest BCUT2D eigenvalue weighted by atomic mass is 10.0. The first-order chi connectivity index (χ1) is 37.0. The Balaban J connectivity index is 4.21. The van der Waals surface area contributed by atoms with Crippen LogP contribution in [0.3, 0.4) is 0 Å². The minimum absolute atomic E-state index is 0.0451. The van der Waals surface area contributed by atoms with Crippen LogP contribution < -0.4 is 4.89 Å². The third kappa shape index (κ3) is 59.1. The zero-order valence-electron chi connectivity index (χ0n) is 48.6. The summed E-state index contributed by atoms with van der Waals surface area (Å²) in [4.78, 5) is 37.9. The molecule has 0 fully saturated rings. The molecule has 2 atom stereocenters. The van der Waals surface area contributed by atoms with Crippen molar-refractivity contribution in [3.8, 4) is 0 Å². The molecular formula is C66H108NO8P. The highest BCUT2D eigenvalue weighted by Crippen LogP contribution is 2.38. The lowest BCUT2D eigenvalue weighted by molar-refractivity contribution is -0.870. The summed E-state index contributed by atoms with van der Waals surface area (Å²) in [6.45, 7) is 3.95. The van der Waals surface area contributed by atoms with Crippen molar-refractivity contribution < 1.29 is 42.1 Å². The third-order valence-corrected chi connectivity index (χ3v) is 12.8. The molecule has 0 bridgehead atoms. The number of ether oxygens (including phenoxy) is 2. The molecule has 0 aromatic rings. The summed E-state index contributed by atoms with van der Waals surface area (Å²) < 4.78 is 34.1. The van der Waals surface area contributed by atoms with Crippen molar-refractivity contribution >= 4 is 19.8 Å². The number of hydrogen-bond donors (Lipinski definition) is 0. The maximum atomic E-state index is 12.8. The van der Waals surface area contributed by atoms with Gasteiger partial charge < -0.3 is 27.9 Å². The van der Waals surface area contributed by atoms with Gasteiger partial charge in [0.05, 0.1) is 27.7 Å². The molecule has 0 heterocycles. The number of carbonyl (C=O) groups excluding carboxylic acids is 2. The van der Waals surface area contributed by atoms with Crippen molar-refractivity contribution in [1.29, 1.82) is 0 Å². The number of esters is 2. The summed E-state index contributed by atoms with van der Waals surface area (Å²) in [6.07, 6.45) is 81.8. The van der Waals surface area contributed by atoms with E-state index in [1.807, 2.05) is 21.1 Å². The molecule has 0 rings (SSSR count). The second-order valence-corrected chi connectivity index (χ2v) is 21.7. The largest absolute Gasteiger partial charge is 0.756 e. The van der Waals surface area contributed by atoms with Crippen molar-refractivity contribution in [3.63, 3.8) is 0 Å². The number of quaternary nitrogens is 1. The fourth-order valence-corrected chi connectivity index (χ4v) is 8.10. The minimum Gasteiger partial charge on any atom is -0.756 e. The summed E-state index contributed by atoms with van der Waals surface area (Å²) in [5.74, 6) is -0.885. The van der Waals surface area contributed by atoms with E-state index in [1.165, 1.54) is 44.9 Å². The molecule has 430 valence electrons. The molecule has 0 saturated carbocycles. The van der Waals surface area contributed by atoms with Crippen molar-refractivity contribution in [2.75, 3.05) is 47.5 Å². The van der Waals surface area contributed by atoms with Gasteiger partial charge >= 0.3 is 11.9 Å². The molecule has 76 heavy (non-hydrogen) atoms. The normalized spacial score (nSPS) is 14.3. The highest BCUT2D eigenvalue weighted by atomic mass is 31.2. The first kappa shape index (κ1) is 71.9. The fourth-order valence-electron chi connectivity index (χ4n) is 7.37. The summed E-state index contributed by atoms with van der Waals surface area (Å²) in [7, 11) is 1.12. The van der Waals surface area contributed by atoms with E-state index in [9.17, 15) is 19.0 Å². The van der Waals surface area contributed by atoms with E-state index in [4.69, 9.17) is 18.5 Å². The van der Waals surface area contributed by atoms with Crippen molar-refractivity contribution in [3.05, 3.63) is 146 Å². The number of hydrogen-bond acceptors (Lipinski definition) is 8. The second kappa shape index (κ2) is 55.6. The number of nitrogens with zero attached hydrogens (tertiary/aromatic N) is 1. The Morgan fingerprint density at radius 2 is 0.711 bits per heavy atom. The average molecular weight is 1070 g/mol. The van der Waals surface area contributed by atoms with Crippen LogP contribution in [0.4, 0.5) is 0 Å². The van der Waals surface area contributed by atoms with Gasteiger partial charge in [-0.3, -0.25) is 14.2 Å². The van der Waals surface area contributed by atoms with Crippen LogP contribution in [0.5, 0.6) is 0 Å². The van der Waals surface area contributed by atoms with Crippen LogP contribution >= 0.6 is 7.82 Å². The lowest BCUT2D eigenvalue weighted by Gasteiger charge is -2.28. The highest BCUT2D eigenvalue weighted by molar-refractivity contribution is 7.45. The van der Waals surface area contributed by atoms with Crippen molar-refractivity contribution in [2.24, 2.45) is 0 Å². The molecule has 0 aliphatic carbocycles. The maximum Gasteiger partial charge on any atom is 0.306 e. The predicted molar refractivity (Wildman–Crippen MR) is 323 cm³/mol. The predicted octanol–water partition coefficient (Wildman–Crippen LogP) is 18.1. The van der Waals surface area contributed by atoms with Gasteiger partial charge in [0.15, 0.2) is 6.10 Å². The van der Waals surface area contributed by atoms with Crippen molar-refractivity contribution in [1.82, 2.24) is 0 Å². The first-order valence-electron chi connectivity index (χ1n) is 29.5. The van der Waals surface area contributed by atoms with Crippen LogP contribution in [-0.2, 0) is 32.7 Å². The van der Waals surface area contributed by atoms with E-state index in [-0.39, 0.29) is 26.1 Å². The molecule has 0 aromatic heterocycles. The monoisotopic (exact) mass is 1070 g/mol. The van der Waals surface area contributed by atoms with E-state index in [0.29, 0.717) is 23.9 Å². The van der Waals surface area contributed by atoms with E-state index in [2.05, 4.69) is 160 Å². The van der Waals surface area contributed by atoms with Crippen LogP contribution in [-0.4, -0.2) is 70.0 Å². The topological polar surface area (TPSA) is 111 Å². The van der Waals surface area contributed by atoms with Gasteiger partial charge in [-0.05, 0) is 116 Å². The Morgan fingerprint density at radius 3 is 1.07 bits per heavy atom. The Kier molecular flexibility index (Phi) is 52.6. The molecule has 0 radical (unpaired) electrons. The number of phosphoric acid groups is 1. The standard InChI is InChI=1S/C66H108NO8P/c1-6-8-10-12-14-16-18-20-22-24-26-27-28-29-30-31-32-33-34-35-36-37-38-39-41-43-45-47-49-51-53-55-57-59-66(69)75-64(63-74-76(70,71)73-61-60-67(3,4)5)62-72-65(68)58-56-54-52-50-48-46-44-42-40-25-23-21-19-17-15-13-11-9-7-2/h8-11,14-17,20-23,26-27,29-30,32-33,35-36,40,42,46,48,64H,6-7,12-13,18-19,24-25,28,31,34,37-39,41,43-45,47,49-63H2,1-5H3/b10-8-,11-9-,16-14-,17-15-,22-20-,23-21-,27-26-,30-29-,33-32-,36-35-,42-40-,48-46-. The Labute approximate surface area is 465 Å². The van der Waals surface area contributed by atoms with E-state index in [1.54, 1.807) is 0 Å². The Morgan fingerprint density at radius 1 is 0.408 bits per heavy atom. The quantitative estimate of drug-likeness (QED) is 0.0195. The van der Waals surface area contributed by atoms with E-state index >= 15 is 0 Å². The number of allylic oxidation sites excluding steroid dienone is 24. The minimum atomic E-state index is -4.66. The SMILES string of the molecule is CC/C=C\C/C=C\C/C=C\C/C=C\C/C=C\C/C=C\C/C=C\CCCCCCCCCCCCCC(=O)OC(COC(=O)CCCCC/C=C\C/C=C\C/C=C\C/C=C\C/C=C\CC)COP(=O)([O-])OCC[N+](C)(C)C. The zero-order chi connectivity index (χ0) is 55.6. The molecular weight excluding hydrogens is 966 g/mol.